The average molecular weight is 675 g/mol. The quantitative estimate of drug-likeness (QED) is 0.0565. The van der Waals surface area contributed by atoms with Gasteiger partial charge in [-0.1, -0.05) is 28.1 Å². The Kier molecular flexibility index (Phi) is 10.8. The zero-order valence-corrected chi connectivity index (χ0v) is 25.8. The van der Waals surface area contributed by atoms with E-state index >= 15 is 0 Å². The molecule has 0 bridgehead atoms. The van der Waals surface area contributed by atoms with Gasteiger partial charge in [0.05, 0.1) is 12.2 Å². The van der Waals surface area contributed by atoms with E-state index in [1.807, 2.05) is 6.07 Å². The molecule has 0 spiro atoms. The Balaban J connectivity index is 1.34. The number of aromatic nitrogens is 2. The van der Waals surface area contributed by atoms with E-state index in [2.05, 4.69) is 25.8 Å². The summed E-state index contributed by atoms with van der Waals surface area (Å²) in [5.74, 6) is -0.996. The second kappa shape index (κ2) is 14.1. The summed E-state index contributed by atoms with van der Waals surface area (Å²) in [5.41, 5.74) is 11.1. The van der Waals surface area contributed by atoms with Crippen LogP contribution in [0.25, 0.3) is 0 Å². The van der Waals surface area contributed by atoms with Gasteiger partial charge in [0.15, 0.2) is 10.8 Å². The summed E-state index contributed by atoms with van der Waals surface area (Å²) in [5, 5.41) is 27.4. The maximum Gasteiger partial charge on any atom is 0.322 e. The number of nitrogens with zero attached hydrogens (tertiary/aromatic N) is 4. The molecule has 4 heterocycles. The highest BCUT2D eigenvalue weighted by Gasteiger charge is 2.58. The molecule has 8 N–H and O–H groups in total. The number of nitrogens with one attached hydrogen (secondary N) is 2. The minimum absolute atomic E-state index is 0.0395. The first-order chi connectivity index (χ1) is 20.1. The van der Waals surface area contributed by atoms with Crippen LogP contribution in [-0.4, -0.2) is 102 Å². The molecule has 2 aromatic heterocycles. The number of anilines is 1. The molecule has 14 nitrogen and oxygen atoms in total. The number of halogens is 1. The number of hydrogen-bond acceptors (Lipinski definition) is 14. The summed E-state index contributed by atoms with van der Waals surface area (Å²) in [7, 11) is 0. The number of hydrogen-bond donors (Lipinski definition) is 6. The molecule has 19 heteroatoms. The Morgan fingerprint density at radius 2 is 2.14 bits per heavy atom. The van der Waals surface area contributed by atoms with E-state index in [4.69, 9.17) is 23.1 Å². The largest absolute Gasteiger partial charge is 0.480 e. The van der Waals surface area contributed by atoms with Gasteiger partial charge in [-0.15, -0.1) is 23.5 Å². The molecule has 0 aromatic carbocycles. The SMILES string of the molecule is NCC(=O)NCCCSCc1cc(SC2(C(=O)O)CS[C@@H]3[C@H](NC(=O)C(=NO)c4nc(N)sc4Cl)C(=O)N3C2)ccn1. The number of nitrogen functional groups attached to an aromatic ring is 1. The Bertz CT molecular complexity index is 1400. The lowest BCUT2D eigenvalue weighted by Crippen LogP contribution is -2.74. The number of thioether (sulfide) groups is 3. The lowest BCUT2D eigenvalue weighted by atomic mass is 10.0. The van der Waals surface area contributed by atoms with Crippen LogP contribution in [0.4, 0.5) is 5.13 Å². The van der Waals surface area contributed by atoms with E-state index in [1.165, 1.54) is 16.7 Å². The molecule has 0 aliphatic carbocycles. The number of oxime groups is 1. The lowest BCUT2D eigenvalue weighted by Gasteiger charge is -2.53. The number of carboxylic acid groups (broad SMARTS) is 1. The molecule has 226 valence electrons. The fourth-order valence-electron chi connectivity index (χ4n) is 4.13. The number of pyridine rings is 1. The molecule has 0 radical (unpaired) electrons. The number of amides is 3. The van der Waals surface area contributed by atoms with E-state index in [9.17, 15) is 29.5 Å². The molecule has 2 aromatic rings. The molecule has 2 fully saturated rings. The van der Waals surface area contributed by atoms with Crippen LogP contribution in [0, 0.1) is 0 Å². The van der Waals surface area contributed by atoms with Crippen LogP contribution in [0.1, 0.15) is 17.8 Å². The van der Waals surface area contributed by atoms with E-state index in [1.54, 1.807) is 24.0 Å². The third kappa shape index (κ3) is 7.23. The topological polar surface area (TPSA) is 226 Å². The summed E-state index contributed by atoms with van der Waals surface area (Å²) in [6.45, 7) is 0.436. The lowest BCUT2D eigenvalue weighted by molar-refractivity contribution is -0.151. The van der Waals surface area contributed by atoms with Gasteiger partial charge in [-0.05, 0) is 24.3 Å². The predicted molar refractivity (Wildman–Crippen MR) is 163 cm³/mol. The van der Waals surface area contributed by atoms with Gasteiger partial charge in [-0.3, -0.25) is 24.2 Å². The second-order valence-corrected chi connectivity index (χ2v) is 14.4. The molecule has 4 rings (SSSR count). The zero-order chi connectivity index (χ0) is 30.4. The fraction of sp³-hybridized carbons (Fsp3) is 0.435. The molecule has 2 saturated heterocycles. The van der Waals surface area contributed by atoms with Gasteiger partial charge in [0.25, 0.3) is 5.91 Å². The van der Waals surface area contributed by atoms with Gasteiger partial charge in [-0.2, -0.15) is 11.8 Å². The van der Waals surface area contributed by atoms with Crippen molar-refractivity contribution in [3.63, 3.8) is 0 Å². The van der Waals surface area contributed by atoms with E-state index in [0.29, 0.717) is 17.2 Å². The molecule has 3 amide bonds. The number of rotatable bonds is 13. The number of thiazole rings is 1. The van der Waals surface area contributed by atoms with Crippen molar-refractivity contribution < 1.29 is 29.5 Å². The Hall–Kier alpha value is -2.77. The Morgan fingerprint density at radius 3 is 2.81 bits per heavy atom. The molecule has 42 heavy (non-hydrogen) atoms. The van der Waals surface area contributed by atoms with E-state index < -0.39 is 39.7 Å². The number of β-lactam (4-membered cyclic amide) rings is 1. The number of fused-ring (bicyclic) bond motifs is 1. The van der Waals surface area contributed by atoms with Crippen LogP contribution in [0.2, 0.25) is 4.34 Å². The van der Waals surface area contributed by atoms with E-state index in [-0.39, 0.29) is 39.9 Å². The van der Waals surface area contributed by atoms with Crippen LogP contribution in [0.5, 0.6) is 0 Å². The van der Waals surface area contributed by atoms with Gasteiger partial charge in [0.1, 0.15) is 26.2 Å². The summed E-state index contributed by atoms with van der Waals surface area (Å²) in [6.07, 6.45) is 2.40. The van der Waals surface area contributed by atoms with Crippen molar-refractivity contribution in [1.82, 2.24) is 25.5 Å². The van der Waals surface area contributed by atoms with Crippen LogP contribution in [-0.2, 0) is 24.9 Å². The molecule has 2 aliphatic heterocycles. The standard InChI is InChI=1S/C23H27ClN8O6S4/c24-17-14(30-22(26)41-17)15(31-38)18(34)29-16-19(35)32-9-23(21(36)37,10-40-20(16)32)42-12-2-4-27-11(6-12)8-39-5-1-3-28-13(33)7-25/h2,4,6,16,20,38H,1,3,5,7-10,25H2,(H2,26,30)(H,28,33)(H,29,34)(H,36,37)/t16-,20-,23?/m1/s1. The zero-order valence-electron chi connectivity index (χ0n) is 21.8. The first-order valence-electron chi connectivity index (χ1n) is 12.4. The highest BCUT2D eigenvalue weighted by Crippen LogP contribution is 2.46. The smallest absolute Gasteiger partial charge is 0.322 e. The first-order valence-corrected chi connectivity index (χ1v) is 16.6. The molecule has 0 saturated carbocycles. The normalized spacial score (nSPS) is 21.8. The maximum absolute atomic E-state index is 13.0. The molecular weight excluding hydrogens is 648 g/mol. The number of nitrogens with two attached hydrogens (primary N) is 2. The third-order valence-corrected chi connectivity index (χ3v) is 11.4. The predicted octanol–water partition coefficient (Wildman–Crippen LogP) is 0.666. The summed E-state index contributed by atoms with van der Waals surface area (Å²) < 4.78 is -1.26. The highest BCUT2D eigenvalue weighted by molar-refractivity contribution is 8.05. The maximum atomic E-state index is 13.0. The number of carbonyl (C=O) groups is 4. The number of carbonyl (C=O) groups excluding carboxylic acids is 3. The third-order valence-electron chi connectivity index (χ3n) is 6.20. The van der Waals surface area contributed by atoms with Gasteiger partial charge < -0.3 is 37.3 Å². The fourth-order valence-corrected chi connectivity index (χ4v) is 8.82. The van der Waals surface area contributed by atoms with Gasteiger partial charge in [0, 0.05) is 35.7 Å². The van der Waals surface area contributed by atoms with Crippen molar-refractivity contribution in [1.29, 1.82) is 0 Å². The number of aliphatic carboxylic acids is 1. The first kappa shape index (κ1) is 32.2. The summed E-state index contributed by atoms with van der Waals surface area (Å²) in [4.78, 5) is 59.9. The minimum Gasteiger partial charge on any atom is -0.480 e. The van der Waals surface area contributed by atoms with Crippen LogP contribution >= 0.6 is 58.2 Å². The summed E-state index contributed by atoms with van der Waals surface area (Å²) in [6, 6.07) is 2.62. The summed E-state index contributed by atoms with van der Waals surface area (Å²) >= 11 is 11.0. The average Bonchev–Trinajstić information content (AvgIpc) is 3.30. The molecule has 1 unspecified atom stereocenters. The highest BCUT2D eigenvalue weighted by atomic mass is 35.5. The molecule has 3 atom stereocenters. The van der Waals surface area contributed by atoms with Crippen LogP contribution in [0.3, 0.4) is 0 Å². The monoisotopic (exact) mass is 674 g/mol. The minimum atomic E-state index is -1.32. The molecular formula is C23H27ClN8O6S4. The van der Waals surface area contributed by atoms with Crippen molar-refractivity contribution >= 4 is 92.8 Å². The van der Waals surface area contributed by atoms with Crippen molar-refractivity contribution in [3.05, 3.63) is 34.1 Å². The van der Waals surface area contributed by atoms with E-state index in [0.717, 1.165) is 41.0 Å². The van der Waals surface area contributed by atoms with Gasteiger partial charge in [0.2, 0.25) is 11.8 Å². The Morgan fingerprint density at radius 1 is 1.36 bits per heavy atom. The van der Waals surface area contributed by atoms with Crippen molar-refractivity contribution in [2.45, 2.75) is 33.2 Å². The van der Waals surface area contributed by atoms with Gasteiger partial charge in [-0.25, -0.2) is 4.98 Å². The van der Waals surface area contributed by atoms with Crippen molar-refractivity contribution in [3.8, 4) is 0 Å². The van der Waals surface area contributed by atoms with Crippen molar-refractivity contribution in [2.75, 3.05) is 36.9 Å². The van der Waals surface area contributed by atoms with Crippen molar-refractivity contribution in [2.24, 2.45) is 10.9 Å². The molecule has 2 aliphatic rings. The Labute approximate surface area is 261 Å². The second-order valence-electron chi connectivity index (χ2n) is 9.09. The number of carboxylic acids is 1. The van der Waals surface area contributed by atoms with Crippen LogP contribution in [0.15, 0.2) is 28.4 Å². The van der Waals surface area contributed by atoms with Gasteiger partial charge >= 0.3 is 5.97 Å². The van der Waals surface area contributed by atoms with Crippen LogP contribution < -0.4 is 22.1 Å².